The zero-order chi connectivity index (χ0) is 49.4. The van der Waals surface area contributed by atoms with Crippen molar-refractivity contribution in [2.45, 2.75) is 19.9 Å². The SMILES string of the molecule is CCCOC(=O)c1ccc(C(=O)C[n+]2ccccc2)cc1.Fc1c(F)c(F)c([B-](c2c(F)c(F)c(F)c(F)c2F)(c2c(F)c(F)c(F)c(F)c2F)c2c(F)c(F)c(F)c(F)c2F)c(F)c1F. The summed E-state index contributed by atoms with van der Waals surface area (Å²) in [5, 5.41) is 0. The standard InChI is InChI=1S/C24BF20.C17H18NO3/c26-5-1(6(27)14(35)21(42)13(5)34)25(2-7(28)15(36)22(43)16(37)8(2)29,3-9(30)17(38)23(44)18(39)10(3)31)4-11(32)19(40)24(45)20(41)12(4)33;1-2-12-21-17(20)15-8-6-14(7-9-15)16(19)13-18-10-4-3-5-11-18/h;3-11H,2,12-13H2,1H3/q-1;+1. The minimum absolute atomic E-state index is 0.000300. The normalized spacial score (nSPS) is 11.4. The molecule has 0 saturated carbocycles. The lowest BCUT2D eigenvalue weighted by molar-refractivity contribution is -0.683. The molecule has 0 N–H and O–H groups in total. The van der Waals surface area contributed by atoms with Crippen molar-refractivity contribution in [2.75, 3.05) is 6.61 Å². The van der Waals surface area contributed by atoms with Gasteiger partial charge in [0.05, 0.1) is 12.2 Å². The molecule has 0 aliphatic carbocycles. The highest BCUT2D eigenvalue weighted by Gasteiger charge is 2.52. The molecule has 66 heavy (non-hydrogen) atoms. The summed E-state index contributed by atoms with van der Waals surface area (Å²) in [4.78, 5) is 23.8. The Morgan fingerprint density at radius 1 is 0.409 bits per heavy atom. The zero-order valence-electron chi connectivity index (χ0n) is 32.1. The van der Waals surface area contributed by atoms with E-state index in [9.17, 15) is 62.3 Å². The summed E-state index contributed by atoms with van der Waals surface area (Å²) in [7, 11) is 0. The van der Waals surface area contributed by atoms with E-state index in [0.29, 0.717) is 17.7 Å². The van der Waals surface area contributed by atoms with Crippen LogP contribution in [0.15, 0.2) is 54.9 Å². The fourth-order valence-corrected chi connectivity index (χ4v) is 6.74. The van der Waals surface area contributed by atoms with Crippen LogP contribution in [0.2, 0.25) is 0 Å². The lowest BCUT2D eigenvalue weighted by Gasteiger charge is -2.44. The molecule has 0 fully saturated rings. The summed E-state index contributed by atoms with van der Waals surface area (Å²) in [6.45, 7) is 2.63. The number of esters is 1. The molecule has 0 aliphatic rings. The number of hydrogen-bond acceptors (Lipinski definition) is 3. The molecular formula is C41H18BF20NO3. The van der Waals surface area contributed by atoms with Gasteiger partial charge in [0.2, 0.25) is 12.3 Å². The van der Waals surface area contributed by atoms with Gasteiger partial charge in [-0.1, -0.05) is 25.1 Å². The lowest BCUT2D eigenvalue weighted by atomic mass is 9.12. The minimum atomic E-state index is -7.22. The maximum Gasteiger partial charge on any atom is 0.338 e. The number of Topliss-reactive ketones (excluding diaryl/α,β-unsaturated/α-hetero) is 1. The first kappa shape index (κ1) is 50.1. The lowest BCUT2D eigenvalue weighted by Crippen LogP contribution is -2.81. The van der Waals surface area contributed by atoms with Crippen molar-refractivity contribution in [3.8, 4) is 0 Å². The van der Waals surface area contributed by atoms with Crippen molar-refractivity contribution in [2.24, 2.45) is 0 Å². The number of rotatable bonds is 10. The molecule has 0 atom stereocenters. The van der Waals surface area contributed by atoms with E-state index in [4.69, 9.17) is 4.74 Å². The van der Waals surface area contributed by atoms with Crippen LogP contribution in [-0.2, 0) is 11.3 Å². The smallest absolute Gasteiger partial charge is 0.338 e. The van der Waals surface area contributed by atoms with Crippen molar-refractivity contribution < 1.29 is 107 Å². The minimum Gasteiger partial charge on any atom is -0.462 e. The van der Waals surface area contributed by atoms with E-state index in [2.05, 4.69) is 0 Å². The number of halogens is 20. The maximum atomic E-state index is 15.4. The van der Waals surface area contributed by atoms with E-state index in [1.54, 1.807) is 24.3 Å². The van der Waals surface area contributed by atoms with Crippen LogP contribution in [-0.4, -0.2) is 24.5 Å². The Morgan fingerprint density at radius 3 is 0.939 bits per heavy atom. The number of ether oxygens (including phenoxy) is 1. The van der Waals surface area contributed by atoms with Gasteiger partial charge < -0.3 is 4.74 Å². The fraction of sp³-hybridized carbons (Fsp3) is 0.0976. The second-order valence-electron chi connectivity index (χ2n) is 13.5. The van der Waals surface area contributed by atoms with Gasteiger partial charge >= 0.3 is 5.97 Å². The summed E-state index contributed by atoms with van der Waals surface area (Å²) in [5.41, 5.74) is -13.3. The topological polar surface area (TPSA) is 47.3 Å². The van der Waals surface area contributed by atoms with E-state index in [1.807, 2.05) is 42.1 Å². The number of carbonyl (C=O) groups is 2. The first-order chi connectivity index (χ1) is 30.9. The number of pyridine rings is 1. The Balaban J connectivity index is 0.000000324. The Kier molecular flexibility index (Phi) is 14.6. The highest BCUT2D eigenvalue weighted by molar-refractivity contribution is 7.20. The van der Waals surface area contributed by atoms with Crippen LogP contribution in [0.3, 0.4) is 0 Å². The number of ketones is 1. The zero-order valence-corrected chi connectivity index (χ0v) is 32.1. The molecule has 0 aliphatic heterocycles. The van der Waals surface area contributed by atoms with Crippen molar-refractivity contribution in [1.82, 2.24) is 0 Å². The number of aromatic nitrogens is 1. The third-order valence-electron chi connectivity index (χ3n) is 9.69. The Labute approximate surface area is 355 Å². The van der Waals surface area contributed by atoms with Crippen molar-refractivity contribution >= 4 is 39.7 Å². The molecule has 25 heteroatoms. The first-order valence-corrected chi connectivity index (χ1v) is 17.9. The molecule has 0 spiro atoms. The Morgan fingerprint density at radius 2 is 0.667 bits per heavy atom. The largest absolute Gasteiger partial charge is 0.462 e. The molecule has 5 aromatic carbocycles. The van der Waals surface area contributed by atoms with Crippen LogP contribution in [0.5, 0.6) is 0 Å². The van der Waals surface area contributed by atoms with Crippen LogP contribution in [0, 0.1) is 116 Å². The van der Waals surface area contributed by atoms with Crippen LogP contribution in [0.4, 0.5) is 87.8 Å². The van der Waals surface area contributed by atoms with Crippen LogP contribution in [0.1, 0.15) is 34.1 Å². The molecule has 4 nitrogen and oxygen atoms in total. The number of nitrogens with zero attached hydrogens (tertiary/aromatic N) is 1. The average Bonchev–Trinajstić information content (AvgIpc) is 3.31. The monoisotopic (exact) mass is 963 g/mol. The molecule has 0 bridgehead atoms. The number of hydrogen-bond donors (Lipinski definition) is 0. The molecular weight excluding hydrogens is 945 g/mol. The van der Waals surface area contributed by atoms with Gasteiger partial charge in [0, 0.05) is 17.7 Å². The van der Waals surface area contributed by atoms with Gasteiger partial charge in [-0.2, -0.15) is 4.57 Å². The van der Waals surface area contributed by atoms with E-state index < -0.39 is 144 Å². The van der Waals surface area contributed by atoms with E-state index in [0.717, 1.165) is 6.42 Å². The van der Waals surface area contributed by atoms with E-state index in [-0.39, 0.29) is 18.3 Å². The molecule has 0 amide bonds. The molecule has 0 radical (unpaired) electrons. The molecule has 6 rings (SSSR count). The fourth-order valence-electron chi connectivity index (χ4n) is 6.74. The Bertz CT molecular complexity index is 2540. The summed E-state index contributed by atoms with van der Waals surface area (Å²) < 4.78 is 301. The highest BCUT2D eigenvalue weighted by Crippen LogP contribution is 2.31. The van der Waals surface area contributed by atoms with Crippen LogP contribution in [0.25, 0.3) is 0 Å². The van der Waals surface area contributed by atoms with E-state index >= 15 is 35.1 Å². The van der Waals surface area contributed by atoms with Crippen molar-refractivity contribution in [3.63, 3.8) is 0 Å². The maximum absolute atomic E-state index is 15.4. The summed E-state index contributed by atoms with van der Waals surface area (Å²) in [6.07, 6.45) is -2.75. The Hall–Kier alpha value is -6.95. The highest BCUT2D eigenvalue weighted by atomic mass is 19.2. The summed E-state index contributed by atoms with van der Waals surface area (Å²) in [6, 6.07) is 12.2. The molecule has 1 heterocycles. The quantitative estimate of drug-likeness (QED) is 0.0265. The van der Waals surface area contributed by atoms with E-state index in [1.165, 1.54) is 0 Å². The molecule has 0 unspecified atom stereocenters. The molecule has 0 saturated heterocycles. The predicted molar refractivity (Wildman–Crippen MR) is 187 cm³/mol. The van der Waals surface area contributed by atoms with Gasteiger partial charge in [-0.3, -0.25) is 4.79 Å². The third kappa shape index (κ3) is 8.29. The van der Waals surface area contributed by atoms with Crippen LogP contribution >= 0.6 is 0 Å². The second kappa shape index (κ2) is 19.3. The van der Waals surface area contributed by atoms with Gasteiger partial charge in [0.15, 0.2) is 82.2 Å². The second-order valence-corrected chi connectivity index (χ2v) is 13.5. The van der Waals surface area contributed by atoms with Crippen molar-refractivity contribution in [3.05, 3.63) is 182 Å². The summed E-state index contributed by atoms with van der Waals surface area (Å²) >= 11 is 0. The number of carbonyl (C=O) groups excluding carboxylic acids is 2. The van der Waals surface area contributed by atoms with Gasteiger partial charge in [-0.15, -0.1) is 21.9 Å². The third-order valence-corrected chi connectivity index (χ3v) is 9.69. The van der Waals surface area contributed by atoms with Gasteiger partial charge in [0.25, 0.3) is 0 Å². The number of benzene rings is 5. The first-order valence-electron chi connectivity index (χ1n) is 17.9. The molecule has 348 valence electrons. The van der Waals surface area contributed by atoms with Gasteiger partial charge in [0.1, 0.15) is 52.7 Å². The van der Waals surface area contributed by atoms with Gasteiger partial charge in [-0.05, 0) is 18.6 Å². The van der Waals surface area contributed by atoms with Crippen molar-refractivity contribution in [1.29, 1.82) is 0 Å². The molecule has 6 aromatic rings. The average molecular weight is 963 g/mol. The predicted octanol–water partition coefficient (Wildman–Crippen LogP) is 8.27. The summed E-state index contributed by atoms with van der Waals surface area (Å²) in [5.74, 6) is -71.8. The van der Waals surface area contributed by atoms with Crippen LogP contribution < -0.4 is 26.4 Å². The molecule has 1 aromatic heterocycles. The van der Waals surface area contributed by atoms with Gasteiger partial charge in [-0.25, -0.2) is 92.6 Å².